The van der Waals surface area contributed by atoms with Crippen LogP contribution in [0.5, 0.6) is 0 Å². The number of nitrogens with zero attached hydrogens (tertiary/aromatic N) is 1. The highest BCUT2D eigenvalue weighted by Gasteiger charge is 2.06. The maximum absolute atomic E-state index is 5.58. The summed E-state index contributed by atoms with van der Waals surface area (Å²) in [4.78, 5) is 4.44. The molecule has 3 N–H and O–H groups in total. The van der Waals surface area contributed by atoms with E-state index in [1.54, 1.807) is 6.20 Å². The molecule has 0 saturated carbocycles. The van der Waals surface area contributed by atoms with E-state index in [2.05, 4.69) is 48.4 Å². The van der Waals surface area contributed by atoms with Gasteiger partial charge in [-0.1, -0.05) is 42.0 Å². The molecular weight excluding hydrogens is 254 g/mol. The zero-order valence-corrected chi connectivity index (χ0v) is 11.9. The first kappa shape index (κ1) is 13.5. The van der Waals surface area contributed by atoms with Crippen molar-refractivity contribution in [3.05, 3.63) is 59.4 Å². The van der Waals surface area contributed by atoms with Crippen molar-refractivity contribution in [2.24, 2.45) is 5.73 Å². The number of aromatic nitrogens is 1. The molecule has 3 nitrogen and oxygen atoms in total. The lowest BCUT2D eigenvalue weighted by Crippen LogP contribution is -2.13. The van der Waals surface area contributed by atoms with E-state index in [0.717, 1.165) is 5.69 Å². The maximum atomic E-state index is 5.58. The molecule has 0 saturated heterocycles. The van der Waals surface area contributed by atoms with Crippen LogP contribution in [-0.2, 0) is 0 Å². The molecule has 4 heteroatoms. The van der Waals surface area contributed by atoms with Gasteiger partial charge in [0.1, 0.15) is 4.99 Å². The van der Waals surface area contributed by atoms with Gasteiger partial charge in [-0.2, -0.15) is 0 Å². The Kier molecular flexibility index (Phi) is 4.12. The smallest absolute Gasteiger partial charge is 0.122 e. The minimum absolute atomic E-state index is 0.210. The highest BCUT2D eigenvalue weighted by atomic mass is 32.1. The summed E-state index contributed by atoms with van der Waals surface area (Å²) in [5.74, 6) is 0. The first-order valence-electron chi connectivity index (χ1n) is 6.15. The van der Waals surface area contributed by atoms with Gasteiger partial charge in [0.05, 0.1) is 5.69 Å². The van der Waals surface area contributed by atoms with Crippen molar-refractivity contribution >= 4 is 22.9 Å². The van der Waals surface area contributed by atoms with Gasteiger partial charge in [-0.15, -0.1) is 0 Å². The molecule has 2 rings (SSSR count). The minimum atomic E-state index is 0.210. The Morgan fingerprint density at radius 2 is 1.95 bits per heavy atom. The van der Waals surface area contributed by atoms with Crippen LogP contribution in [0.25, 0.3) is 0 Å². The van der Waals surface area contributed by atoms with Crippen LogP contribution in [0.1, 0.15) is 29.8 Å². The Morgan fingerprint density at radius 3 is 2.58 bits per heavy atom. The summed E-state index contributed by atoms with van der Waals surface area (Å²) in [5, 5.41) is 3.42. The summed E-state index contributed by atoms with van der Waals surface area (Å²) >= 11 is 4.93. The van der Waals surface area contributed by atoms with E-state index in [-0.39, 0.29) is 6.04 Å². The normalized spacial score (nSPS) is 11.9. The highest BCUT2D eigenvalue weighted by molar-refractivity contribution is 7.80. The Bertz CT molecular complexity index is 578. The fourth-order valence-electron chi connectivity index (χ4n) is 1.84. The van der Waals surface area contributed by atoms with E-state index in [1.807, 2.05) is 12.1 Å². The number of benzene rings is 1. The molecule has 1 aromatic heterocycles. The monoisotopic (exact) mass is 271 g/mol. The van der Waals surface area contributed by atoms with E-state index in [9.17, 15) is 0 Å². The molecule has 1 aromatic carbocycles. The molecule has 98 valence electrons. The first-order chi connectivity index (χ1) is 9.06. The molecule has 0 amide bonds. The molecule has 1 atom stereocenters. The van der Waals surface area contributed by atoms with E-state index >= 15 is 0 Å². The van der Waals surface area contributed by atoms with Crippen LogP contribution in [0.15, 0.2) is 42.6 Å². The average Bonchev–Trinajstić information content (AvgIpc) is 2.39. The van der Waals surface area contributed by atoms with Gasteiger partial charge in [-0.3, -0.25) is 4.98 Å². The van der Waals surface area contributed by atoms with Crippen molar-refractivity contribution in [1.29, 1.82) is 0 Å². The minimum Gasteiger partial charge on any atom is -0.388 e. The van der Waals surface area contributed by atoms with Crippen LogP contribution >= 0.6 is 12.2 Å². The third-order valence-electron chi connectivity index (χ3n) is 2.97. The van der Waals surface area contributed by atoms with E-state index < -0.39 is 0 Å². The number of hydrogen-bond acceptors (Lipinski definition) is 3. The number of pyridine rings is 1. The van der Waals surface area contributed by atoms with Crippen LogP contribution in [0.3, 0.4) is 0 Å². The Morgan fingerprint density at radius 1 is 1.26 bits per heavy atom. The Labute approximate surface area is 118 Å². The predicted octanol–water partition coefficient (Wildman–Crippen LogP) is 3.20. The second kappa shape index (κ2) is 5.80. The maximum Gasteiger partial charge on any atom is 0.122 e. The van der Waals surface area contributed by atoms with Crippen LogP contribution < -0.4 is 11.1 Å². The Balaban J connectivity index is 2.14. The first-order valence-corrected chi connectivity index (χ1v) is 6.56. The molecule has 0 spiro atoms. The molecule has 0 aliphatic heterocycles. The molecule has 19 heavy (non-hydrogen) atoms. The van der Waals surface area contributed by atoms with Gasteiger partial charge in [-0.25, -0.2) is 0 Å². The van der Waals surface area contributed by atoms with Gasteiger partial charge < -0.3 is 11.1 Å². The van der Waals surface area contributed by atoms with Gasteiger partial charge >= 0.3 is 0 Å². The van der Waals surface area contributed by atoms with E-state index in [0.29, 0.717) is 10.7 Å². The third kappa shape index (κ3) is 3.51. The lowest BCUT2D eigenvalue weighted by molar-refractivity contribution is 0.883. The van der Waals surface area contributed by atoms with Gasteiger partial charge in [0.2, 0.25) is 0 Å². The zero-order chi connectivity index (χ0) is 13.8. The van der Waals surface area contributed by atoms with Crippen LogP contribution in [-0.4, -0.2) is 9.97 Å². The second-order valence-electron chi connectivity index (χ2n) is 4.57. The lowest BCUT2D eigenvalue weighted by Gasteiger charge is -2.16. The number of nitrogens with one attached hydrogen (secondary N) is 1. The quantitative estimate of drug-likeness (QED) is 0.838. The summed E-state index contributed by atoms with van der Waals surface area (Å²) < 4.78 is 0. The topological polar surface area (TPSA) is 50.9 Å². The summed E-state index contributed by atoms with van der Waals surface area (Å²) in [7, 11) is 0. The second-order valence-corrected chi connectivity index (χ2v) is 5.01. The third-order valence-corrected chi connectivity index (χ3v) is 3.18. The largest absolute Gasteiger partial charge is 0.388 e. The van der Waals surface area contributed by atoms with Gasteiger partial charge in [0, 0.05) is 17.9 Å². The van der Waals surface area contributed by atoms with Crippen molar-refractivity contribution in [1.82, 2.24) is 4.98 Å². The molecular formula is C15H17N3S. The van der Waals surface area contributed by atoms with Crippen molar-refractivity contribution in [3.63, 3.8) is 0 Å². The molecule has 0 fully saturated rings. The Hall–Kier alpha value is -1.94. The van der Waals surface area contributed by atoms with Crippen molar-refractivity contribution < 1.29 is 0 Å². The number of aryl methyl sites for hydroxylation is 1. The molecule has 0 radical (unpaired) electrons. The fraction of sp³-hybridized carbons (Fsp3) is 0.200. The van der Waals surface area contributed by atoms with Crippen molar-refractivity contribution in [2.75, 3.05) is 5.32 Å². The fourth-order valence-corrected chi connectivity index (χ4v) is 1.96. The number of hydrogen-bond donors (Lipinski definition) is 2. The lowest BCUT2D eigenvalue weighted by atomic mass is 10.1. The average molecular weight is 271 g/mol. The molecule has 1 unspecified atom stereocenters. The summed E-state index contributed by atoms with van der Waals surface area (Å²) in [6.07, 6.45) is 1.71. The van der Waals surface area contributed by atoms with Gasteiger partial charge in [0.25, 0.3) is 0 Å². The summed E-state index contributed by atoms with van der Waals surface area (Å²) in [5.41, 5.74) is 9.68. The molecule has 0 aliphatic carbocycles. The van der Waals surface area contributed by atoms with Crippen molar-refractivity contribution in [3.8, 4) is 0 Å². The highest BCUT2D eigenvalue weighted by Crippen LogP contribution is 2.19. The molecule has 0 bridgehead atoms. The van der Waals surface area contributed by atoms with Crippen molar-refractivity contribution in [2.45, 2.75) is 19.9 Å². The summed E-state index contributed by atoms with van der Waals surface area (Å²) in [6, 6.07) is 12.5. The standard InChI is InChI=1S/C15H17N3S/c1-10-3-5-12(6-4-10)11(2)18-13-7-8-17-14(9-13)15(16)19/h3-9,11H,1-2H3,(H2,16,19)(H,17,18). The molecule has 2 aromatic rings. The SMILES string of the molecule is Cc1ccc(C(C)Nc2ccnc(C(N)=S)c2)cc1. The van der Waals surface area contributed by atoms with E-state index in [4.69, 9.17) is 18.0 Å². The number of anilines is 1. The van der Waals surface area contributed by atoms with Crippen LogP contribution in [0.4, 0.5) is 5.69 Å². The molecule has 0 aliphatic rings. The van der Waals surface area contributed by atoms with Gasteiger partial charge in [0.15, 0.2) is 0 Å². The zero-order valence-electron chi connectivity index (χ0n) is 11.1. The number of thiocarbonyl (C=S) groups is 1. The van der Waals surface area contributed by atoms with E-state index in [1.165, 1.54) is 11.1 Å². The molecule has 1 heterocycles. The predicted molar refractivity (Wildman–Crippen MR) is 83.3 cm³/mol. The van der Waals surface area contributed by atoms with Crippen LogP contribution in [0, 0.1) is 6.92 Å². The van der Waals surface area contributed by atoms with Crippen LogP contribution in [0.2, 0.25) is 0 Å². The number of nitrogens with two attached hydrogens (primary N) is 1. The summed E-state index contributed by atoms with van der Waals surface area (Å²) in [6.45, 7) is 4.20. The van der Waals surface area contributed by atoms with Gasteiger partial charge in [-0.05, 0) is 31.5 Å². The number of rotatable bonds is 4.